The van der Waals surface area contributed by atoms with Crippen molar-refractivity contribution in [3.05, 3.63) is 0 Å². The number of alkyl halides is 17. The van der Waals surface area contributed by atoms with Gasteiger partial charge in [-0.25, -0.2) is 8.78 Å². The van der Waals surface area contributed by atoms with Crippen LogP contribution in [0.15, 0.2) is 0 Å². The minimum absolute atomic E-state index is 0.183. The van der Waals surface area contributed by atoms with Crippen LogP contribution in [0.1, 0.15) is 77.6 Å². The van der Waals surface area contributed by atoms with Crippen molar-refractivity contribution in [2.24, 2.45) is 0 Å². The van der Waals surface area contributed by atoms with Crippen LogP contribution in [-0.4, -0.2) is 48.6 Å². The zero-order valence-electron chi connectivity index (χ0n) is 19.4. The molecule has 0 aliphatic heterocycles. The van der Waals surface area contributed by atoms with E-state index in [-0.39, 0.29) is 12.8 Å². The molecule has 37 heavy (non-hydrogen) atoms. The first-order chi connectivity index (χ1) is 16.4. The monoisotopic (exact) mass is 590 g/mol. The quantitative estimate of drug-likeness (QED) is 0.124. The summed E-state index contributed by atoms with van der Waals surface area (Å²) < 4.78 is 216. The number of halogens is 17. The Bertz CT molecular complexity index is 625. The van der Waals surface area contributed by atoms with E-state index in [1.807, 2.05) is 6.92 Å². The molecule has 0 aromatic carbocycles. The number of hydrogen-bond acceptors (Lipinski definition) is 0. The second-order valence-corrected chi connectivity index (χ2v) is 8.19. The molecule has 0 saturated heterocycles. The lowest BCUT2D eigenvalue weighted by molar-refractivity contribution is -0.396. The second-order valence-electron chi connectivity index (χ2n) is 8.19. The van der Waals surface area contributed by atoms with Gasteiger partial charge in [0.1, 0.15) is 0 Å². The summed E-state index contributed by atoms with van der Waals surface area (Å²) in [6, 6.07) is 0. The maximum atomic E-state index is 13.7. The molecule has 0 nitrogen and oxygen atoms in total. The summed E-state index contributed by atoms with van der Waals surface area (Å²) in [5.74, 6) is -41.7. The highest BCUT2D eigenvalue weighted by Crippen LogP contribution is 2.58. The number of unbranched alkanes of at least 4 members (excludes halogenated alkanes) is 8. The predicted octanol–water partition coefficient (Wildman–Crippen LogP) is 10.6. The zero-order chi connectivity index (χ0) is 30.0. The topological polar surface area (TPSA) is 0 Å². The highest BCUT2D eigenvalue weighted by molar-refractivity contribution is 5.06. The fourth-order valence-electron chi connectivity index (χ4n) is 2.98. The van der Waals surface area contributed by atoms with E-state index in [0.717, 1.165) is 25.7 Å². The van der Waals surface area contributed by atoms with Crippen LogP contribution in [-0.2, 0) is 0 Å². The number of hydrogen-bond donors (Lipinski definition) is 0. The molecular formula is C20H27F17. The highest BCUT2D eigenvalue weighted by Gasteiger charge is 2.83. The lowest BCUT2D eigenvalue weighted by Crippen LogP contribution is -2.64. The molecule has 17 heteroatoms. The van der Waals surface area contributed by atoms with Gasteiger partial charge in [-0.15, -0.1) is 0 Å². The van der Waals surface area contributed by atoms with Crippen molar-refractivity contribution in [1.82, 2.24) is 0 Å². The van der Waals surface area contributed by atoms with Crippen LogP contribution in [0.2, 0.25) is 0 Å². The minimum Gasteiger partial charge on any atom is -0.214 e. The molecule has 0 aliphatic rings. The average Bonchev–Trinajstić information content (AvgIpc) is 2.71. The van der Waals surface area contributed by atoms with Crippen molar-refractivity contribution in [2.45, 2.75) is 119 Å². The van der Waals surface area contributed by atoms with Crippen molar-refractivity contribution in [3.63, 3.8) is 0 Å². The molecule has 0 unspecified atom stereocenters. The van der Waals surface area contributed by atoms with Gasteiger partial charge in [0, 0.05) is 6.42 Å². The molecule has 0 amide bonds. The van der Waals surface area contributed by atoms with Gasteiger partial charge in [0.05, 0.1) is 6.42 Å². The van der Waals surface area contributed by atoms with Crippen LogP contribution < -0.4 is 0 Å². The summed E-state index contributed by atoms with van der Waals surface area (Å²) >= 11 is 0. The van der Waals surface area contributed by atoms with Crippen molar-refractivity contribution in [3.8, 4) is 0 Å². The standard InChI is InChI=1S/C19H25F15.CH2F2/c1-2-3-4-5-6-7-8-9-10-11-13(20,21)16(26,27)17(28,29)14(22,23)12-15(24,25)18(30,31)19(32,33)34;2-1-3/h2-12H2,1H3;1H2. The van der Waals surface area contributed by atoms with E-state index in [4.69, 9.17) is 0 Å². The zero-order valence-corrected chi connectivity index (χ0v) is 19.4. The van der Waals surface area contributed by atoms with Gasteiger partial charge in [-0.3, -0.25) is 0 Å². The van der Waals surface area contributed by atoms with E-state index in [1.165, 1.54) is 0 Å². The molecule has 0 aromatic rings. The SMILES string of the molecule is CCCCCCCCCCCC(F)(F)C(F)(F)C(F)(F)C(F)(F)CC(F)(F)C(F)(F)C(F)(F)F.FCF. The Morgan fingerprint density at radius 2 is 0.703 bits per heavy atom. The van der Waals surface area contributed by atoms with Gasteiger partial charge in [-0.05, 0) is 6.42 Å². The van der Waals surface area contributed by atoms with E-state index < -0.39 is 67.9 Å². The van der Waals surface area contributed by atoms with Gasteiger partial charge in [-0.1, -0.05) is 58.3 Å². The fourth-order valence-corrected chi connectivity index (χ4v) is 2.98. The molecule has 0 heterocycles. The molecule has 0 fully saturated rings. The number of rotatable bonds is 16. The first-order valence-electron chi connectivity index (χ1n) is 10.9. The van der Waals surface area contributed by atoms with Crippen LogP contribution in [0.25, 0.3) is 0 Å². The predicted molar refractivity (Wildman–Crippen MR) is 99.3 cm³/mol. The van der Waals surface area contributed by atoms with Crippen molar-refractivity contribution in [2.75, 3.05) is 6.93 Å². The van der Waals surface area contributed by atoms with Gasteiger partial charge in [-0.2, -0.15) is 65.9 Å². The van der Waals surface area contributed by atoms with Crippen LogP contribution in [0, 0.1) is 0 Å². The Labute approximate surface area is 201 Å². The Kier molecular flexibility index (Phi) is 14.6. The molecule has 226 valence electrons. The first kappa shape index (κ1) is 38.0. The lowest BCUT2D eigenvalue weighted by Gasteiger charge is -2.39. The molecule has 0 saturated carbocycles. The van der Waals surface area contributed by atoms with Crippen LogP contribution in [0.4, 0.5) is 74.6 Å². The molecule has 0 atom stereocenters. The Morgan fingerprint density at radius 3 is 1.05 bits per heavy atom. The Morgan fingerprint density at radius 1 is 0.405 bits per heavy atom. The first-order valence-corrected chi connectivity index (χ1v) is 10.9. The smallest absolute Gasteiger partial charge is 0.214 e. The maximum absolute atomic E-state index is 13.7. The molecule has 0 bridgehead atoms. The summed E-state index contributed by atoms with van der Waals surface area (Å²) in [6.07, 6.45) is -9.77. The van der Waals surface area contributed by atoms with Crippen molar-refractivity contribution in [1.29, 1.82) is 0 Å². The van der Waals surface area contributed by atoms with Gasteiger partial charge in [0.2, 0.25) is 6.93 Å². The summed E-state index contributed by atoms with van der Waals surface area (Å²) in [4.78, 5) is 0. The summed E-state index contributed by atoms with van der Waals surface area (Å²) in [5.41, 5.74) is 0. The van der Waals surface area contributed by atoms with Gasteiger partial charge < -0.3 is 0 Å². The van der Waals surface area contributed by atoms with Crippen LogP contribution in [0.3, 0.4) is 0 Å². The van der Waals surface area contributed by atoms with E-state index in [9.17, 15) is 74.6 Å². The van der Waals surface area contributed by atoms with Gasteiger partial charge in [0.15, 0.2) is 0 Å². The van der Waals surface area contributed by atoms with E-state index in [1.54, 1.807) is 0 Å². The van der Waals surface area contributed by atoms with E-state index >= 15 is 0 Å². The molecule has 0 N–H and O–H groups in total. The van der Waals surface area contributed by atoms with Crippen LogP contribution >= 0.6 is 0 Å². The summed E-state index contributed by atoms with van der Waals surface area (Å²) in [7, 11) is 0. The Balaban J connectivity index is 0. The molecule has 0 aliphatic carbocycles. The summed E-state index contributed by atoms with van der Waals surface area (Å²) in [5, 5.41) is 0. The minimum atomic E-state index is -7.38. The maximum Gasteiger partial charge on any atom is 0.459 e. The van der Waals surface area contributed by atoms with E-state index in [2.05, 4.69) is 0 Å². The van der Waals surface area contributed by atoms with Crippen LogP contribution in [0.5, 0.6) is 0 Å². The van der Waals surface area contributed by atoms with Crippen molar-refractivity contribution >= 4 is 0 Å². The average molecular weight is 590 g/mol. The fraction of sp³-hybridized carbons (Fsp3) is 1.00. The van der Waals surface area contributed by atoms with Gasteiger partial charge in [0.25, 0.3) is 0 Å². The molecular weight excluding hydrogens is 563 g/mol. The third-order valence-corrected chi connectivity index (χ3v) is 5.17. The normalized spacial score (nSPS) is 14.4. The van der Waals surface area contributed by atoms with Crippen molar-refractivity contribution < 1.29 is 74.6 Å². The Hall–Kier alpha value is -1.19. The van der Waals surface area contributed by atoms with Gasteiger partial charge >= 0.3 is 41.7 Å². The second kappa shape index (κ2) is 14.3. The third kappa shape index (κ3) is 9.81. The molecule has 0 spiro atoms. The lowest BCUT2D eigenvalue weighted by atomic mass is 9.90. The highest BCUT2D eigenvalue weighted by atomic mass is 19.4. The molecule has 0 radical (unpaired) electrons. The third-order valence-electron chi connectivity index (χ3n) is 5.17. The molecule has 0 rings (SSSR count). The summed E-state index contributed by atoms with van der Waals surface area (Å²) in [6.45, 7) is 0.207. The molecule has 0 aromatic heterocycles. The van der Waals surface area contributed by atoms with E-state index in [0.29, 0.717) is 12.8 Å². The largest absolute Gasteiger partial charge is 0.459 e.